The fraction of sp³-hybridized carbons (Fsp3) is 0.765. The van der Waals surface area contributed by atoms with Crippen molar-refractivity contribution >= 4 is 57.2 Å². The van der Waals surface area contributed by atoms with Crippen LogP contribution in [0.2, 0.25) is 0 Å². The van der Waals surface area contributed by atoms with Crippen molar-refractivity contribution in [3.8, 4) is 0 Å². The zero-order valence-electron chi connectivity index (χ0n) is 75.8. The van der Waals surface area contributed by atoms with Gasteiger partial charge in [0.05, 0.1) is 23.0 Å². The van der Waals surface area contributed by atoms with Crippen molar-refractivity contribution < 1.29 is 136 Å². The second kappa shape index (κ2) is 43.2. The summed E-state index contributed by atoms with van der Waals surface area (Å²) in [7, 11) is -0.398. The number of rotatable bonds is 2. The first kappa shape index (κ1) is 37.1. The van der Waals surface area contributed by atoms with Crippen LogP contribution in [0.4, 0.5) is 19.2 Å². The SMILES string of the molecule is C.CC(C)(C)OC(=O)OC(=O)OC(C)(C)C.COS(=O)(=O)c1ccc(C)cc1.[2H]C1([2H])CC([2H])([2H])C([2H])([2H])N(C)C1([2H])[2H].[2H]C1([2H])CC([2H])([2H])C([2H])([2H])NC1([2H])[2H].[2H]C1([2H])N(C)C([2H])([2H])C([2H])([2H])N(C(=O)OC(C)(C)C)C1([2H])[2H].[2H]C1([2H])NC([2H])([2H])C([2H])([2H])N(C(=O)OC(C)(C)C)C1([2H])[2H].[CH2-]I.[CH3-].[V].[V]. The monoisotopic (exact) mass is 1280 g/mol. The molecule has 22 heteroatoms. The zero-order chi connectivity index (χ0) is 82.2. The Morgan fingerprint density at radius 1 is 0.575 bits per heavy atom. The van der Waals surface area contributed by atoms with Crippen molar-refractivity contribution in [2.45, 2.75) is 163 Å². The molecule has 0 unspecified atom stereocenters. The van der Waals surface area contributed by atoms with Crippen LogP contribution in [-0.4, -0.2) is 174 Å². The number of carbonyl (C=O) groups excluding carboxylic acids is 4. The summed E-state index contributed by atoms with van der Waals surface area (Å²) in [6.07, 6.45) is -16.4. The van der Waals surface area contributed by atoms with Crippen LogP contribution < -0.4 is 10.6 Å². The summed E-state index contributed by atoms with van der Waals surface area (Å²) in [6, 6.07) is 6.50. The number of aryl methyl sites for hydroxylation is 1. The van der Waals surface area contributed by atoms with Gasteiger partial charge in [-0.1, -0.05) is 38.0 Å². The minimum atomic E-state index is -3.51. The molecule has 2 radical (unpaired) electrons. The molecular formula is C51H99IN6O12SV2-2. The third-order valence-electron chi connectivity index (χ3n) is 5.90. The van der Waals surface area contributed by atoms with E-state index in [1.165, 1.54) is 53.7 Å². The van der Waals surface area contributed by atoms with Crippen LogP contribution in [0.5, 0.6) is 0 Å². The number of hydrogen-bond donors (Lipinski definition) is 2. The molecule has 2 N–H and O–H groups in total. The predicted octanol–water partition coefficient (Wildman–Crippen LogP) is 10.4. The molecule has 4 aliphatic rings. The zero-order valence-corrected chi connectivity index (χ0v) is 49.6. The number of piperidine rings is 2. The maximum absolute atomic E-state index is 12.2. The molecule has 0 saturated carbocycles. The first-order valence-electron chi connectivity index (χ1n) is 36.1. The van der Waals surface area contributed by atoms with Gasteiger partial charge in [-0.2, -0.15) is 8.42 Å². The average molecular weight is 1280 g/mol. The molecular weight excluding hydrogens is 1150 g/mol. The van der Waals surface area contributed by atoms with Crippen LogP contribution in [-0.2, 0) is 75.1 Å². The number of nitrogens with one attached hydrogen (secondary N) is 2. The smallest absolute Gasteiger partial charge is 0.444 e. The number of ether oxygens (including phenoxy) is 5. The van der Waals surface area contributed by atoms with Gasteiger partial charge in [0.25, 0.3) is 10.1 Å². The van der Waals surface area contributed by atoms with Gasteiger partial charge in [0, 0.05) is 122 Å². The molecule has 1 aromatic carbocycles. The second-order valence-corrected chi connectivity index (χ2v) is 18.6. The number of amides is 2. The van der Waals surface area contributed by atoms with E-state index in [9.17, 15) is 27.6 Å². The van der Waals surface area contributed by atoms with Gasteiger partial charge in [-0.15, -0.1) is 0 Å². The van der Waals surface area contributed by atoms with Crippen molar-refractivity contribution in [2.24, 2.45) is 0 Å². The Morgan fingerprint density at radius 2 is 0.904 bits per heavy atom. The third-order valence-corrected chi connectivity index (χ3v) is 7.18. The molecule has 0 aromatic heterocycles. The molecule has 5 rings (SSSR count). The summed E-state index contributed by atoms with van der Waals surface area (Å²) in [4.78, 5) is 50.2. The fourth-order valence-electron chi connectivity index (χ4n) is 3.38. The summed E-state index contributed by atoms with van der Waals surface area (Å²) in [5, 5.41) is 3.36. The van der Waals surface area contributed by atoms with Crippen LogP contribution in [0.1, 0.15) is 178 Å². The Kier molecular flexibility index (Phi) is 21.9. The topological polar surface area (TPSA) is 195 Å². The summed E-state index contributed by atoms with van der Waals surface area (Å²) in [5.74, 6) is 0. The van der Waals surface area contributed by atoms with E-state index >= 15 is 0 Å². The molecule has 430 valence electrons. The predicted molar refractivity (Wildman–Crippen MR) is 295 cm³/mol. The number of hydrogen-bond acceptors (Lipinski definition) is 16. The Hall–Kier alpha value is -1.85. The van der Waals surface area contributed by atoms with Crippen molar-refractivity contribution in [1.82, 2.24) is 30.2 Å². The van der Waals surface area contributed by atoms with E-state index in [-0.39, 0.29) is 66.7 Å². The van der Waals surface area contributed by atoms with Crippen LogP contribution >= 0.6 is 22.6 Å². The summed E-state index contributed by atoms with van der Waals surface area (Å²) in [6.45, 7) is -14.0. The van der Waals surface area contributed by atoms with Crippen molar-refractivity contribution in [2.75, 3.05) is 99.2 Å². The first-order valence-corrected chi connectivity index (χ1v) is 23.0. The van der Waals surface area contributed by atoms with Crippen LogP contribution in [0, 0.1) is 19.3 Å². The number of benzene rings is 1. The van der Waals surface area contributed by atoms with Crippen LogP contribution in [0.15, 0.2) is 29.2 Å². The largest absolute Gasteiger partial charge is 0.519 e. The maximum atomic E-state index is 12.2. The molecule has 73 heavy (non-hydrogen) atoms. The number of likely N-dealkylation sites (tertiary alicyclic amines) is 1. The number of carbonyl (C=O) groups is 4. The molecule has 0 spiro atoms. The number of nitrogens with zero attached hydrogens (tertiary/aromatic N) is 4. The molecule has 4 fully saturated rings. The van der Waals surface area contributed by atoms with Crippen molar-refractivity contribution in [3.63, 3.8) is 0 Å². The average Bonchev–Trinajstić information content (AvgIpc) is 0.696. The minimum absolute atomic E-state index is 0. The third kappa shape index (κ3) is 49.5. The van der Waals surface area contributed by atoms with Gasteiger partial charge < -0.3 is 83.9 Å². The van der Waals surface area contributed by atoms with Gasteiger partial charge in [0.2, 0.25) is 0 Å². The standard InChI is InChI=1S/C10H20N2O2.C10H18O5.C9H18N2O2.C8H10O3S.C6H13N.C5H11N.CH2I.CH4.CH3.2V/c1-10(2,3)14-9(13)12-7-5-11(4)6-8-12;1-9(2,3)14-7(11)13-8(12)15-10(4,5)6;1-9(2,3)13-8(12)11-6-4-10-5-7-11;1-7-3-5-8(6-4-7)12(9,10)11-2;1-7-5-3-2-4-6-7;1-2-4-6-5-3-1;1-2;;;;/h5-8H2,1-4H3;1-6H3;10H,4-7H2,1-3H3;3-6H,1-2H3;2-6H2,1H3;6H,1-5H2;1H2;1H4;1H3;;/q;;;;;;-1;;-1;;/i5D2,6D2,7D2,8D2;;4D2,5D2,6D2,7D2;;3D2,4D2,5D2,6D2;2D2,3D2,4D2,5D2;;;;;. The number of likely N-dealkylation sites (N-methyl/N-ethyl adjacent to an activating group) is 1. The van der Waals surface area contributed by atoms with Gasteiger partial charge in [-0.3, -0.25) is 9.11 Å². The molecule has 2 amide bonds. The fourth-order valence-corrected chi connectivity index (χ4v) is 4.04. The van der Waals surface area contributed by atoms with E-state index in [4.69, 9.17) is 62.8 Å². The van der Waals surface area contributed by atoms with Gasteiger partial charge in [-0.05, 0) is 168 Å². The van der Waals surface area contributed by atoms with E-state index in [1.807, 2.05) is 29.5 Å². The Morgan fingerprint density at radius 3 is 1.25 bits per heavy atom. The number of piperazine rings is 2. The normalized spacial score (nSPS) is 33.4. The van der Waals surface area contributed by atoms with Gasteiger partial charge in [0.15, 0.2) is 0 Å². The second-order valence-electron chi connectivity index (χ2n) is 16.9. The van der Waals surface area contributed by atoms with Crippen LogP contribution in [0.3, 0.4) is 0 Å². The minimum Gasteiger partial charge on any atom is -0.444 e. The molecule has 0 bridgehead atoms. The summed E-state index contributed by atoms with van der Waals surface area (Å²) >= 11 is 1.90. The Bertz CT molecular complexity index is 2970. The molecule has 18 nitrogen and oxygen atoms in total. The molecule has 4 saturated heterocycles. The summed E-state index contributed by atoms with van der Waals surface area (Å²) < 4.78 is 291. The molecule has 0 atom stereocenters. The van der Waals surface area contributed by atoms with Crippen LogP contribution in [0.25, 0.3) is 0 Å². The summed E-state index contributed by atoms with van der Waals surface area (Å²) in [5.41, 5.74) is -2.53. The van der Waals surface area contributed by atoms with Gasteiger partial charge in [-0.25, -0.2) is 19.2 Å². The van der Waals surface area contributed by atoms with E-state index < -0.39 is 173 Å². The Balaban J connectivity index is -0.000000280. The maximum Gasteiger partial charge on any atom is 0.519 e. The Labute approximate surface area is 526 Å². The molecule has 4 heterocycles. The molecule has 0 aliphatic carbocycles. The molecule has 4 aliphatic heterocycles. The molecule has 1 aromatic rings. The van der Waals surface area contributed by atoms with Gasteiger partial charge in [0.1, 0.15) is 22.4 Å². The van der Waals surface area contributed by atoms with E-state index in [1.54, 1.807) is 64.3 Å². The first-order chi connectivity index (χ1) is 43.7. The van der Waals surface area contributed by atoms with E-state index in [0.29, 0.717) is 9.80 Å². The van der Waals surface area contributed by atoms with Crippen molar-refractivity contribution in [1.29, 1.82) is 0 Å². The quantitative estimate of drug-likeness (QED) is 0.0708. The number of halogens is 1. The van der Waals surface area contributed by atoms with E-state index in [2.05, 4.69) is 13.9 Å². The van der Waals surface area contributed by atoms with Crippen molar-refractivity contribution in [3.05, 3.63) is 42.2 Å². The van der Waals surface area contributed by atoms with Gasteiger partial charge >= 0.3 is 24.5 Å². The van der Waals surface area contributed by atoms with E-state index in [0.717, 1.165) is 26.8 Å².